The Bertz CT molecular complexity index is 1260. The topological polar surface area (TPSA) is 91.4 Å². The molecule has 3 amide bonds. The van der Waals surface area contributed by atoms with Crippen LogP contribution in [0.3, 0.4) is 0 Å². The molecule has 166 valence electrons. The van der Waals surface area contributed by atoms with E-state index in [4.69, 9.17) is 0 Å². The second kappa shape index (κ2) is 9.08. The van der Waals surface area contributed by atoms with Crippen molar-refractivity contribution in [1.29, 1.82) is 0 Å². The van der Waals surface area contributed by atoms with Gasteiger partial charge in [0.15, 0.2) is 0 Å². The zero-order chi connectivity index (χ0) is 23.5. The van der Waals surface area contributed by atoms with E-state index in [2.05, 4.69) is 15.6 Å². The van der Waals surface area contributed by atoms with E-state index in [1.165, 1.54) is 11.8 Å². The summed E-state index contributed by atoms with van der Waals surface area (Å²) in [5, 5.41) is 5.94. The molecule has 0 spiro atoms. The van der Waals surface area contributed by atoms with Crippen LogP contribution in [0.25, 0.3) is 5.57 Å². The molecule has 7 nitrogen and oxygen atoms in total. The number of rotatable bonds is 6. The number of pyridine rings is 1. The van der Waals surface area contributed by atoms with E-state index in [1.807, 2.05) is 32.0 Å². The number of carbonyl (C=O) groups excluding carboxylic acids is 3. The molecule has 2 aromatic carbocycles. The number of aryl methyl sites for hydroxylation is 1. The zero-order valence-electron chi connectivity index (χ0n) is 18.7. The van der Waals surface area contributed by atoms with Crippen molar-refractivity contribution in [2.45, 2.75) is 27.3 Å². The van der Waals surface area contributed by atoms with Crippen LogP contribution in [-0.4, -0.2) is 27.6 Å². The summed E-state index contributed by atoms with van der Waals surface area (Å²) in [4.78, 5) is 43.5. The van der Waals surface area contributed by atoms with Gasteiger partial charge in [0, 0.05) is 30.7 Å². The predicted molar refractivity (Wildman–Crippen MR) is 127 cm³/mol. The first-order valence-corrected chi connectivity index (χ1v) is 10.6. The van der Waals surface area contributed by atoms with Gasteiger partial charge in [-0.05, 0) is 66.4 Å². The van der Waals surface area contributed by atoms with Crippen LogP contribution in [0.2, 0.25) is 0 Å². The maximum atomic E-state index is 13.5. The second-order valence-electron chi connectivity index (χ2n) is 7.93. The van der Waals surface area contributed by atoms with Crippen LogP contribution in [0.4, 0.5) is 11.4 Å². The van der Waals surface area contributed by atoms with Gasteiger partial charge in [-0.1, -0.05) is 24.3 Å². The minimum atomic E-state index is -0.390. The molecule has 0 unspecified atom stereocenters. The first-order valence-electron chi connectivity index (χ1n) is 10.6. The lowest BCUT2D eigenvalue weighted by atomic mass is 10.0. The number of imide groups is 1. The first-order chi connectivity index (χ1) is 15.8. The van der Waals surface area contributed by atoms with Gasteiger partial charge in [-0.2, -0.15) is 0 Å². The van der Waals surface area contributed by atoms with E-state index < -0.39 is 5.91 Å². The second-order valence-corrected chi connectivity index (χ2v) is 7.93. The van der Waals surface area contributed by atoms with Crippen molar-refractivity contribution in [1.82, 2.24) is 9.88 Å². The average Bonchev–Trinajstić information content (AvgIpc) is 3.02. The molecule has 0 aliphatic carbocycles. The number of amides is 3. The summed E-state index contributed by atoms with van der Waals surface area (Å²) < 4.78 is 0. The Kier molecular flexibility index (Phi) is 6.04. The first kappa shape index (κ1) is 22.0. The summed E-state index contributed by atoms with van der Waals surface area (Å²) >= 11 is 0. The van der Waals surface area contributed by atoms with Gasteiger partial charge in [-0.15, -0.1) is 0 Å². The zero-order valence-corrected chi connectivity index (χ0v) is 18.7. The van der Waals surface area contributed by atoms with Crippen LogP contribution in [0, 0.1) is 13.8 Å². The molecule has 3 aromatic rings. The van der Waals surface area contributed by atoms with Crippen LogP contribution >= 0.6 is 0 Å². The monoisotopic (exact) mass is 440 g/mol. The molecule has 4 rings (SSSR count). The fourth-order valence-electron chi connectivity index (χ4n) is 3.72. The number of aromatic nitrogens is 1. The van der Waals surface area contributed by atoms with E-state index in [0.29, 0.717) is 16.8 Å². The molecule has 0 atom stereocenters. The van der Waals surface area contributed by atoms with Crippen LogP contribution in [-0.2, 0) is 20.9 Å². The predicted octanol–water partition coefficient (Wildman–Crippen LogP) is 4.05. The molecule has 0 fully saturated rings. The van der Waals surface area contributed by atoms with Crippen LogP contribution in [0.15, 0.2) is 72.7 Å². The Morgan fingerprint density at radius 2 is 1.64 bits per heavy atom. The largest absolute Gasteiger partial charge is 0.350 e. The maximum Gasteiger partial charge on any atom is 0.278 e. The van der Waals surface area contributed by atoms with Crippen LogP contribution in [0.5, 0.6) is 0 Å². The molecule has 1 aliphatic rings. The van der Waals surface area contributed by atoms with Gasteiger partial charge in [0.1, 0.15) is 5.70 Å². The van der Waals surface area contributed by atoms with E-state index >= 15 is 0 Å². The quantitative estimate of drug-likeness (QED) is 0.565. The minimum Gasteiger partial charge on any atom is -0.350 e. The van der Waals surface area contributed by atoms with Gasteiger partial charge in [0.25, 0.3) is 11.8 Å². The molecule has 2 heterocycles. The van der Waals surface area contributed by atoms with Gasteiger partial charge in [0.2, 0.25) is 5.91 Å². The lowest BCUT2D eigenvalue weighted by Crippen LogP contribution is -2.32. The number of carbonyl (C=O) groups is 3. The van der Waals surface area contributed by atoms with E-state index in [-0.39, 0.29) is 24.1 Å². The standard InChI is InChI=1S/C26H24N4O3/c1-16-5-4-6-22(17(16)2)29-24-23(20-7-9-21(10-8-20)28-18(3)31)25(32)30(26(24)33)15-19-11-13-27-14-12-19/h4-14,29H,15H2,1-3H3,(H,28,31). The number of hydrogen-bond acceptors (Lipinski definition) is 5. The summed E-state index contributed by atoms with van der Waals surface area (Å²) in [6.07, 6.45) is 3.26. The van der Waals surface area contributed by atoms with Gasteiger partial charge in [-0.25, -0.2) is 0 Å². The highest BCUT2D eigenvalue weighted by Gasteiger charge is 2.39. The van der Waals surface area contributed by atoms with Gasteiger partial charge in [-0.3, -0.25) is 24.3 Å². The molecule has 0 saturated heterocycles. The highest BCUT2D eigenvalue weighted by Crippen LogP contribution is 2.33. The summed E-state index contributed by atoms with van der Waals surface area (Å²) in [5.74, 6) is -0.953. The molecule has 0 saturated carbocycles. The number of nitrogens with zero attached hydrogens (tertiary/aromatic N) is 2. The summed E-state index contributed by atoms with van der Waals surface area (Å²) in [7, 11) is 0. The van der Waals surface area contributed by atoms with E-state index in [0.717, 1.165) is 22.4 Å². The maximum absolute atomic E-state index is 13.5. The molecule has 0 bridgehead atoms. The SMILES string of the molecule is CC(=O)Nc1ccc(C2=C(Nc3cccc(C)c3C)C(=O)N(Cc3ccncc3)C2=O)cc1. The highest BCUT2D eigenvalue weighted by molar-refractivity contribution is 6.36. The van der Waals surface area contributed by atoms with Crippen molar-refractivity contribution >= 4 is 34.7 Å². The molecule has 33 heavy (non-hydrogen) atoms. The van der Waals surface area contributed by atoms with Crippen molar-refractivity contribution in [3.8, 4) is 0 Å². The van der Waals surface area contributed by atoms with Crippen molar-refractivity contribution < 1.29 is 14.4 Å². The van der Waals surface area contributed by atoms with Gasteiger partial charge >= 0.3 is 0 Å². The molecule has 2 N–H and O–H groups in total. The van der Waals surface area contributed by atoms with E-state index in [1.54, 1.807) is 48.8 Å². The number of hydrogen-bond donors (Lipinski definition) is 2. The lowest BCUT2D eigenvalue weighted by Gasteiger charge is -2.16. The van der Waals surface area contributed by atoms with Crippen LogP contribution in [0.1, 0.15) is 29.2 Å². The minimum absolute atomic E-state index is 0.144. The molecular weight excluding hydrogens is 416 g/mol. The van der Waals surface area contributed by atoms with Crippen molar-refractivity contribution in [2.75, 3.05) is 10.6 Å². The molecule has 0 radical (unpaired) electrons. The Morgan fingerprint density at radius 1 is 0.939 bits per heavy atom. The molecule has 1 aromatic heterocycles. The van der Waals surface area contributed by atoms with Gasteiger partial charge < -0.3 is 10.6 Å². The number of nitrogens with one attached hydrogen (secondary N) is 2. The number of benzene rings is 2. The smallest absolute Gasteiger partial charge is 0.278 e. The third-order valence-corrected chi connectivity index (χ3v) is 5.62. The Balaban J connectivity index is 1.75. The lowest BCUT2D eigenvalue weighted by molar-refractivity contribution is -0.137. The Labute approximate surface area is 192 Å². The number of anilines is 2. The average molecular weight is 441 g/mol. The van der Waals surface area contributed by atoms with Gasteiger partial charge in [0.05, 0.1) is 12.1 Å². The summed E-state index contributed by atoms with van der Waals surface area (Å²) in [6, 6.07) is 16.2. The van der Waals surface area contributed by atoms with Crippen molar-refractivity contribution in [3.05, 3.63) is 94.9 Å². The van der Waals surface area contributed by atoms with Crippen molar-refractivity contribution in [2.24, 2.45) is 0 Å². The van der Waals surface area contributed by atoms with Crippen LogP contribution < -0.4 is 10.6 Å². The third-order valence-electron chi connectivity index (χ3n) is 5.62. The Hall–Kier alpha value is -4.26. The van der Waals surface area contributed by atoms with E-state index in [9.17, 15) is 14.4 Å². The highest BCUT2D eigenvalue weighted by atomic mass is 16.2. The normalized spacial score (nSPS) is 13.5. The molecular formula is C26H24N4O3. The summed E-state index contributed by atoms with van der Waals surface area (Å²) in [6.45, 7) is 5.54. The third kappa shape index (κ3) is 4.52. The fraction of sp³-hybridized carbons (Fsp3) is 0.154. The fourth-order valence-corrected chi connectivity index (χ4v) is 3.72. The molecule has 1 aliphatic heterocycles. The Morgan fingerprint density at radius 3 is 2.30 bits per heavy atom. The molecule has 7 heteroatoms. The van der Waals surface area contributed by atoms with Crippen molar-refractivity contribution in [3.63, 3.8) is 0 Å². The summed E-state index contributed by atoms with van der Waals surface area (Å²) in [5.41, 5.74) is 5.38.